The summed E-state index contributed by atoms with van der Waals surface area (Å²) in [6.07, 6.45) is 1.57. The van der Waals surface area contributed by atoms with Gasteiger partial charge in [-0.25, -0.2) is 15.0 Å². The van der Waals surface area contributed by atoms with Crippen LogP contribution in [0.2, 0.25) is 0 Å². The van der Waals surface area contributed by atoms with E-state index in [2.05, 4.69) is 25.1 Å². The van der Waals surface area contributed by atoms with Gasteiger partial charge in [0.25, 0.3) is 0 Å². The van der Waals surface area contributed by atoms with Crippen molar-refractivity contribution < 1.29 is 0 Å². The predicted molar refractivity (Wildman–Crippen MR) is 81.2 cm³/mol. The summed E-state index contributed by atoms with van der Waals surface area (Å²) in [4.78, 5) is 14.1. The number of thiophene rings is 2. The van der Waals surface area contributed by atoms with Gasteiger partial charge >= 0.3 is 0 Å². The lowest BCUT2D eigenvalue weighted by molar-refractivity contribution is 0.968. The largest absolute Gasteiger partial charge is 0.257 e. The van der Waals surface area contributed by atoms with Crippen LogP contribution < -0.4 is 0 Å². The van der Waals surface area contributed by atoms with E-state index in [9.17, 15) is 0 Å². The van der Waals surface area contributed by atoms with Crippen LogP contribution in [0, 0.1) is 0 Å². The van der Waals surface area contributed by atoms with E-state index in [0.717, 1.165) is 25.9 Å². The summed E-state index contributed by atoms with van der Waals surface area (Å²) < 4.78 is 1.07. The number of hydrogen-bond acceptors (Lipinski definition) is 7. The van der Waals surface area contributed by atoms with Crippen molar-refractivity contribution in [2.24, 2.45) is 0 Å². The standard InChI is InChI=1S/C12H7N5S3/c1-2-8(18-4-1)10-15-12(17-16-10)20-11-9-7(3-5-19-9)13-6-14-11/h1-6H,(H,15,16,17). The van der Waals surface area contributed by atoms with E-state index in [1.165, 1.54) is 11.8 Å². The van der Waals surface area contributed by atoms with Gasteiger partial charge in [-0.1, -0.05) is 6.07 Å². The highest BCUT2D eigenvalue weighted by Gasteiger charge is 2.11. The maximum absolute atomic E-state index is 4.49. The van der Waals surface area contributed by atoms with Gasteiger partial charge in [0.05, 0.1) is 15.1 Å². The third-order valence-corrected chi connectivity index (χ3v) is 5.40. The molecule has 0 saturated carbocycles. The van der Waals surface area contributed by atoms with E-state index in [4.69, 9.17) is 0 Å². The summed E-state index contributed by atoms with van der Waals surface area (Å²) in [5.74, 6) is 0.791. The Kier molecular flexibility index (Phi) is 2.98. The van der Waals surface area contributed by atoms with Crippen molar-refractivity contribution in [1.29, 1.82) is 0 Å². The normalized spacial score (nSPS) is 11.2. The Balaban J connectivity index is 1.68. The van der Waals surface area contributed by atoms with E-state index in [0.29, 0.717) is 5.16 Å². The molecular formula is C12H7N5S3. The molecule has 20 heavy (non-hydrogen) atoms. The first kappa shape index (κ1) is 12.0. The zero-order valence-electron chi connectivity index (χ0n) is 9.98. The van der Waals surface area contributed by atoms with Gasteiger partial charge < -0.3 is 0 Å². The number of hydrogen-bond donors (Lipinski definition) is 1. The number of fused-ring (bicyclic) bond motifs is 1. The van der Waals surface area contributed by atoms with Crippen LogP contribution >= 0.6 is 34.4 Å². The van der Waals surface area contributed by atoms with Crippen LogP contribution in [0.3, 0.4) is 0 Å². The number of aromatic nitrogens is 5. The van der Waals surface area contributed by atoms with Gasteiger partial charge in [-0.05, 0) is 34.7 Å². The van der Waals surface area contributed by atoms with Gasteiger partial charge in [0, 0.05) is 0 Å². The minimum Gasteiger partial charge on any atom is -0.257 e. The lowest BCUT2D eigenvalue weighted by Gasteiger charge is -1.96. The fourth-order valence-corrected chi connectivity index (χ4v) is 4.10. The highest BCUT2D eigenvalue weighted by molar-refractivity contribution is 7.99. The van der Waals surface area contributed by atoms with Crippen molar-refractivity contribution in [3.63, 3.8) is 0 Å². The molecule has 0 radical (unpaired) electrons. The van der Waals surface area contributed by atoms with Gasteiger partial charge in [0.15, 0.2) is 5.82 Å². The zero-order chi connectivity index (χ0) is 13.4. The highest BCUT2D eigenvalue weighted by Crippen LogP contribution is 2.32. The first-order valence-electron chi connectivity index (χ1n) is 5.72. The molecule has 5 nitrogen and oxygen atoms in total. The monoisotopic (exact) mass is 317 g/mol. The molecule has 0 aliphatic rings. The number of rotatable bonds is 3. The van der Waals surface area contributed by atoms with Gasteiger partial charge in [0.1, 0.15) is 11.4 Å². The molecule has 0 spiro atoms. The fraction of sp³-hybridized carbons (Fsp3) is 0. The Labute approximate surface area is 126 Å². The molecule has 98 valence electrons. The summed E-state index contributed by atoms with van der Waals surface area (Å²) in [5, 5.41) is 12.8. The second-order valence-corrected chi connectivity index (χ2v) is 6.68. The number of aromatic amines is 1. The molecule has 0 atom stereocenters. The zero-order valence-corrected chi connectivity index (χ0v) is 12.4. The smallest absolute Gasteiger partial charge is 0.215 e. The van der Waals surface area contributed by atoms with Crippen LogP contribution in [0.4, 0.5) is 0 Å². The highest BCUT2D eigenvalue weighted by atomic mass is 32.2. The molecule has 4 aromatic rings. The second kappa shape index (κ2) is 4.97. The third-order valence-electron chi connectivity index (χ3n) is 2.62. The van der Waals surface area contributed by atoms with Gasteiger partial charge in [-0.3, -0.25) is 5.10 Å². The van der Waals surface area contributed by atoms with Crippen molar-refractivity contribution in [3.8, 4) is 10.7 Å². The molecule has 0 bridgehead atoms. The first-order chi connectivity index (χ1) is 9.90. The van der Waals surface area contributed by atoms with E-state index >= 15 is 0 Å². The molecule has 0 aliphatic carbocycles. The molecule has 0 aromatic carbocycles. The van der Waals surface area contributed by atoms with Crippen LogP contribution in [0.25, 0.3) is 20.9 Å². The molecule has 4 heterocycles. The van der Waals surface area contributed by atoms with Crippen molar-refractivity contribution in [1.82, 2.24) is 25.1 Å². The Morgan fingerprint density at radius 1 is 1.10 bits per heavy atom. The summed E-state index contributed by atoms with van der Waals surface area (Å²) in [5.41, 5.74) is 0.960. The molecule has 8 heteroatoms. The second-order valence-electron chi connectivity index (χ2n) is 3.86. The number of nitrogens with one attached hydrogen (secondary N) is 1. The van der Waals surface area contributed by atoms with Crippen molar-refractivity contribution in [2.45, 2.75) is 10.2 Å². The van der Waals surface area contributed by atoms with Gasteiger partial charge in [-0.15, -0.1) is 27.8 Å². The molecule has 0 saturated heterocycles. The fourth-order valence-electron chi connectivity index (χ4n) is 1.74. The average Bonchev–Trinajstić information content (AvgIpc) is 3.20. The first-order valence-corrected chi connectivity index (χ1v) is 8.30. The van der Waals surface area contributed by atoms with Crippen molar-refractivity contribution in [3.05, 3.63) is 35.3 Å². The summed E-state index contributed by atoms with van der Waals surface area (Å²) in [6.45, 7) is 0. The Hall–Kier alpha value is -1.77. The maximum Gasteiger partial charge on any atom is 0.215 e. The van der Waals surface area contributed by atoms with E-state index < -0.39 is 0 Å². The lowest BCUT2D eigenvalue weighted by Crippen LogP contribution is -1.84. The van der Waals surface area contributed by atoms with Gasteiger partial charge in [-0.2, -0.15) is 0 Å². The van der Waals surface area contributed by atoms with Gasteiger partial charge in [0.2, 0.25) is 5.16 Å². The number of H-pyrrole nitrogens is 1. The van der Waals surface area contributed by atoms with E-state index in [-0.39, 0.29) is 0 Å². The Bertz CT molecular complexity index is 849. The van der Waals surface area contributed by atoms with Crippen LogP contribution in [0.5, 0.6) is 0 Å². The summed E-state index contributed by atoms with van der Waals surface area (Å²) in [6, 6.07) is 6.00. The van der Waals surface area contributed by atoms with Crippen molar-refractivity contribution >= 4 is 44.7 Å². The van der Waals surface area contributed by atoms with Crippen LogP contribution in [-0.2, 0) is 0 Å². The average molecular weight is 317 g/mol. The summed E-state index contributed by atoms with van der Waals surface area (Å²) >= 11 is 4.71. The summed E-state index contributed by atoms with van der Waals surface area (Å²) in [7, 11) is 0. The molecule has 0 fully saturated rings. The lowest BCUT2D eigenvalue weighted by atomic mass is 10.4. The minimum atomic E-state index is 0.668. The van der Waals surface area contributed by atoms with Crippen LogP contribution in [0.1, 0.15) is 0 Å². The molecule has 0 aliphatic heterocycles. The quantitative estimate of drug-likeness (QED) is 0.584. The molecule has 4 aromatic heterocycles. The van der Waals surface area contributed by atoms with Crippen LogP contribution in [0.15, 0.2) is 45.5 Å². The molecular weight excluding hydrogens is 310 g/mol. The minimum absolute atomic E-state index is 0.668. The topological polar surface area (TPSA) is 67.3 Å². The Morgan fingerprint density at radius 2 is 2.10 bits per heavy atom. The SMILES string of the molecule is c1csc(-c2nc(Sc3ncnc4ccsc34)n[nH]2)c1. The van der Waals surface area contributed by atoms with E-state index in [1.807, 2.05) is 29.0 Å². The maximum atomic E-state index is 4.49. The number of nitrogens with zero attached hydrogens (tertiary/aromatic N) is 4. The molecule has 0 unspecified atom stereocenters. The third kappa shape index (κ3) is 2.11. The van der Waals surface area contributed by atoms with Crippen molar-refractivity contribution in [2.75, 3.05) is 0 Å². The Morgan fingerprint density at radius 3 is 3.00 bits per heavy atom. The molecule has 1 N–H and O–H groups in total. The predicted octanol–water partition coefficient (Wildman–Crippen LogP) is 3.69. The van der Waals surface area contributed by atoms with E-state index in [1.54, 1.807) is 29.0 Å². The molecule has 0 amide bonds. The van der Waals surface area contributed by atoms with Crippen LogP contribution in [-0.4, -0.2) is 25.1 Å². The molecule has 4 rings (SSSR count).